The molecular weight excluding hydrogens is 286 g/mol. The number of benzene rings is 1. The van der Waals surface area contributed by atoms with Crippen LogP contribution < -0.4 is 11.1 Å². The molecule has 1 aromatic rings. The number of carbonyl (C=O) groups is 1. The van der Waals surface area contributed by atoms with Crippen molar-refractivity contribution in [2.75, 3.05) is 0 Å². The minimum atomic E-state index is -0.915. The first-order valence-corrected chi connectivity index (χ1v) is 6.47. The number of amides is 1. The van der Waals surface area contributed by atoms with Crippen LogP contribution in [-0.4, -0.2) is 11.4 Å². The quantitative estimate of drug-likeness (QED) is 0.902. The van der Waals surface area contributed by atoms with Gasteiger partial charge in [-0.25, -0.2) is 8.78 Å². The fourth-order valence-electron chi connectivity index (χ4n) is 2.44. The van der Waals surface area contributed by atoms with E-state index in [-0.39, 0.29) is 18.3 Å². The maximum atomic E-state index is 13.1. The lowest BCUT2D eigenvalue weighted by Gasteiger charge is -2.25. The third-order valence-electron chi connectivity index (χ3n) is 3.74. The van der Waals surface area contributed by atoms with E-state index in [4.69, 9.17) is 5.73 Å². The molecule has 0 radical (unpaired) electrons. The summed E-state index contributed by atoms with van der Waals surface area (Å²) in [7, 11) is 0. The zero-order valence-corrected chi connectivity index (χ0v) is 12.1. The van der Waals surface area contributed by atoms with Gasteiger partial charge in [0.1, 0.15) is 0 Å². The third-order valence-corrected chi connectivity index (χ3v) is 3.74. The third kappa shape index (κ3) is 3.46. The van der Waals surface area contributed by atoms with Crippen LogP contribution in [0.25, 0.3) is 0 Å². The monoisotopic (exact) mass is 304 g/mol. The minimum Gasteiger partial charge on any atom is -0.348 e. The molecule has 1 aliphatic rings. The molecule has 112 valence electrons. The molecule has 1 aromatic carbocycles. The summed E-state index contributed by atoms with van der Waals surface area (Å²) < 4.78 is 26.0. The Morgan fingerprint density at radius 2 is 1.90 bits per heavy atom. The number of carbonyl (C=O) groups excluding carboxylic acids is 1. The number of nitrogens with two attached hydrogens (primary N) is 1. The lowest BCUT2D eigenvalue weighted by atomic mass is 9.97. The number of rotatable bonds is 3. The topological polar surface area (TPSA) is 55.1 Å². The van der Waals surface area contributed by atoms with E-state index >= 15 is 0 Å². The van der Waals surface area contributed by atoms with E-state index in [1.807, 2.05) is 0 Å². The summed E-state index contributed by atoms with van der Waals surface area (Å²) >= 11 is 0. The second-order valence-electron chi connectivity index (χ2n) is 5.23. The summed E-state index contributed by atoms with van der Waals surface area (Å²) in [6.45, 7) is 1.73. The van der Waals surface area contributed by atoms with Gasteiger partial charge in [-0.3, -0.25) is 4.79 Å². The summed E-state index contributed by atoms with van der Waals surface area (Å²) in [6, 6.07) is 3.21. The van der Waals surface area contributed by atoms with Gasteiger partial charge < -0.3 is 11.1 Å². The van der Waals surface area contributed by atoms with Gasteiger partial charge in [0, 0.05) is 0 Å². The number of hydrogen-bond donors (Lipinski definition) is 2. The molecule has 0 spiro atoms. The minimum absolute atomic E-state index is 0. The first-order chi connectivity index (χ1) is 8.92. The Balaban J connectivity index is 0.00000200. The second-order valence-corrected chi connectivity index (χ2v) is 5.23. The molecular formula is C14H19ClF2N2O. The predicted octanol–water partition coefficient (Wildman–Crippen LogP) is 2.84. The van der Waals surface area contributed by atoms with Crippen molar-refractivity contribution >= 4 is 18.3 Å². The fraction of sp³-hybridized carbons (Fsp3) is 0.500. The number of hydrogen-bond acceptors (Lipinski definition) is 2. The van der Waals surface area contributed by atoms with Gasteiger partial charge in [-0.05, 0) is 37.5 Å². The normalized spacial score (nSPS) is 18.2. The molecule has 0 aliphatic heterocycles. The SMILES string of the molecule is CC(NC(=O)C1(N)CCCC1)c1ccc(F)c(F)c1.Cl. The maximum absolute atomic E-state index is 13.1. The van der Waals surface area contributed by atoms with Gasteiger partial charge in [-0.2, -0.15) is 0 Å². The zero-order valence-electron chi connectivity index (χ0n) is 11.3. The summed E-state index contributed by atoms with van der Waals surface area (Å²) in [5.41, 5.74) is 5.75. The highest BCUT2D eigenvalue weighted by Crippen LogP contribution is 2.28. The summed E-state index contributed by atoms with van der Waals surface area (Å²) in [5, 5.41) is 2.77. The van der Waals surface area contributed by atoms with Crippen molar-refractivity contribution in [1.82, 2.24) is 5.32 Å². The van der Waals surface area contributed by atoms with Gasteiger partial charge in [0.2, 0.25) is 5.91 Å². The highest BCUT2D eigenvalue weighted by Gasteiger charge is 2.37. The Morgan fingerprint density at radius 3 is 2.45 bits per heavy atom. The van der Waals surface area contributed by atoms with Crippen LogP contribution in [0.3, 0.4) is 0 Å². The first-order valence-electron chi connectivity index (χ1n) is 6.47. The molecule has 1 aliphatic carbocycles. The maximum Gasteiger partial charge on any atom is 0.240 e. The smallest absolute Gasteiger partial charge is 0.240 e. The van der Waals surface area contributed by atoms with Crippen molar-refractivity contribution in [2.45, 2.75) is 44.2 Å². The summed E-state index contributed by atoms with van der Waals surface area (Å²) in [5.74, 6) is -2.03. The summed E-state index contributed by atoms with van der Waals surface area (Å²) in [4.78, 5) is 12.1. The van der Waals surface area contributed by atoms with Crippen LogP contribution in [0.1, 0.15) is 44.2 Å². The van der Waals surface area contributed by atoms with Gasteiger partial charge in [-0.15, -0.1) is 12.4 Å². The number of halogens is 3. The molecule has 2 rings (SSSR count). The average Bonchev–Trinajstić information content (AvgIpc) is 2.81. The second kappa shape index (κ2) is 6.50. The van der Waals surface area contributed by atoms with Crippen LogP contribution >= 0.6 is 12.4 Å². The van der Waals surface area contributed by atoms with Gasteiger partial charge >= 0.3 is 0 Å². The highest BCUT2D eigenvalue weighted by molar-refractivity contribution is 5.86. The number of nitrogens with one attached hydrogen (secondary N) is 1. The van der Waals surface area contributed by atoms with Gasteiger partial charge in [0.05, 0.1) is 11.6 Å². The van der Waals surface area contributed by atoms with E-state index < -0.39 is 23.2 Å². The molecule has 1 amide bonds. The van der Waals surface area contributed by atoms with E-state index in [2.05, 4.69) is 5.32 Å². The lowest BCUT2D eigenvalue weighted by molar-refractivity contribution is -0.126. The largest absolute Gasteiger partial charge is 0.348 e. The van der Waals surface area contributed by atoms with E-state index in [0.717, 1.165) is 25.0 Å². The van der Waals surface area contributed by atoms with E-state index in [1.165, 1.54) is 6.07 Å². The van der Waals surface area contributed by atoms with Crippen molar-refractivity contribution in [3.8, 4) is 0 Å². The molecule has 3 nitrogen and oxygen atoms in total. The molecule has 20 heavy (non-hydrogen) atoms. The molecule has 1 atom stereocenters. The van der Waals surface area contributed by atoms with Crippen LogP contribution in [0.5, 0.6) is 0 Å². The van der Waals surface area contributed by atoms with E-state index in [1.54, 1.807) is 6.92 Å². The molecule has 3 N–H and O–H groups in total. The van der Waals surface area contributed by atoms with Crippen LogP contribution in [0.4, 0.5) is 8.78 Å². The molecule has 0 aromatic heterocycles. The van der Waals surface area contributed by atoms with Crippen LogP contribution in [0.2, 0.25) is 0 Å². The average molecular weight is 305 g/mol. The Labute approximate surface area is 123 Å². The molecule has 6 heteroatoms. The standard InChI is InChI=1S/C14H18F2N2O.ClH/c1-9(10-4-5-11(15)12(16)8-10)18-13(19)14(17)6-2-3-7-14;/h4-5,8-9H,2-3,6-7,17H2,1H3,(H,18,19);1H. The molecule has 0 heterocycles. The first kappa shape index (κ1) is 16.9. The van der Waals surface area contributed by atoms with Crippen molar-refractivity contribution in [1.29, 1.82) is 0 Å². The highest BCUT2D eigenvalue weighted by atomic mass is 35.5. The van der Waals surface area contributed by atoms with Crippen molar-refractivity contribution in [2.24, 2.45) is 5.73 Å². The Hall–Kier alpha value is -1.20. The lowest BCUT2D eigenvalue weighted by Crippen LogP contribution is -2.52. The van der Waals surface area contributed by atoms with Gasteiger partial charge in [0.25, 0.3) is 0 Å². The predicted molar refractivity (Wildman–Crippen MR) is 75.6 cm³/mol. The molecule has 0 bridgehead atoms. The molecule has 1 fully saturated rings. The Bertz CT molecular complexity index is 490. The molecule has 1 unspecified atom stereocenters. The van der Waals surface area contributed by atoms with E-state index in [9.17, 15) is 13.6 Å². The summed E-state index contributed by atoms with van der Waals surface area (Å²) in [6.07, 6.45) is 3.24. The van der Waals surface area contributed by atoms with Crippen LogP contribution in [0, 0.1) is 11.6 Å². The van der Waals surface area contributed by atoms with Crippen LogP contribution in [-0.2, 0) is 4.79 Å². The zero-order chi connectivity index (χ0) is 14.0. The van der Waals surface area contributed by atoms with E-state index in [0.29, 0.717) is 18.4 Å². The van der Waals surface area contributed by atoms with Crippen molar-refractivity contribution in [3.63, 3.8) is 0 Å². The fourth-order valence-corrected chi connectivity index (χ4v) is 2.44. The Morgan fingerprint density at radius 1 is 1.30 bits per heavy atom. The van der Waals surface area contributed by atoms with Gasteiger partial charge in [-0.1, -0.05) is 18.9 Å². The molecule has 1 saturated carbocycles. The van der Waals surface area contributed by atoms with Crippen LogP contribution in [0.15, 0.2) is 18.2 Å². The van der Waals surface area contributed by atoms with Crippen molar-refractivity contribution in [3.05, 3.63) is 35.4 Å². The Kier molecular flexibility index (Phi) is 5.48. The van der Waals surface area contributed by atoms with Gasteiger partial charge in [0.15, 0.2) is 11.6 Å². The van der Waals surface area contributed by atoms with Crippen molar-refractivity contribution < 1.29 is 13.6 Å². The molecule has 0 saturated heterocycles.